The lowest BCUT2D eigenvalue weighted by Crippen LogP contribution is -2.45. The van der Waals surface area contributed by atoms with Gasteiger partial charge in [-0.2, -0.15) is 0 Å². The minimum Gasteiger partial charge on any atom is -0.491 e. The van der Waals surface area contributed by atoms with Crippen molar-refractivity contribution < 1.29 is 19.0 Å². The van der Waals surface area contributed by atoms with Crippen molar-refractivity contribution in [2.75, 3.05) is 33.4 Å². The summed E-state index contributed by atoms with van der Waals surface area (Å²) in [5.41, 5.74) is 0.00157. The predicted octanol–water partition coefficient (Wildman–Crippen LogP) is 2.18. The molecule has 0 bridgehead atoms. The number of aliphatic hydroxyl groups excluding tert-OH is 1. The van der Waals surface area contributed by atoms with Gasteiger partial charge in [-0.15, -0.1) is 0 Å². The third kappa shape index (κ3) is 8.49. The Morgan fingerprint density at radius 3 is 2.42 bits per heavy atom. The minimum atomic E-state index is -0.767. The highest BCUT2D eigenvalue weighted by Crippen LogP contribution is 2.20. The molecule has 1 rings (SSSR count). The summed E-state index contributed by atoms with van der Waals surface area (Å²) in [7, 11) is 1.69. The maximum absolute atomic E-state index is 12.9. The molecule has 3 N–H and O–H groups in total. The largest absolute Gasteiger partial charge is 0.491 e. The highest BCUT2D eigenvalue weighted by molar-refractivity contribution is 5.79. The summed E-state index contributed by atoms with van der Waals surface area (Å²) in [6.07, 6.45) is -0.741. The van der Waals surface area contributed by atoms with Crippen molar-refractivity contribution in [3.05, 3.63) is 30.1 Å². The highest BCUT2D eigenvalue weighted by atomic mass is 19.1. The first-order valence-electron chi connectivity index (χ1n) is 8.87. The van der Waals surface area contributed by atoms with Gasteiger partial charge in [0.05, 0.1) is 12.6 Å². The van der Waals surface area contributed by atoms with Crippen LogP contribution < -0.4 is 15.4 Å². The molecule has 0 aromatic heterocycles. The van der Waals surface area contributed by atoms with Crippen LogP contribution in [0.4, 0.5) is 4.39 Å². The summed E-state index contributed by atoms with van der Waals surface area (Å²) >= 11 is 0. The lowest BCUT2D eigenvalue weighted by molar-refractivity contribution is 0.0205. The Morgan fingerprint density at radius 1 is 1.23 bits per heavy atom. The van der Waals surface area contributed by atoms with Crippen molar-refractivity contribution in [3.63, 3.8) is 0 Å². The van der Waals surface area contributed by atoms with E-state index in [4.69, 9.17) is 9.47 Å². The van der Waals surface area contributed by atoms with E-state index < -0.39 is 6.10 Å². The molecule has 0 fully saturated rings. The van der Waals surface area contributed by atoms with Crippen molar-refractivity contribution in [2.24, 2.45) is 10.4 Å². The highest BCUT2D eigenvalue weighted by Gasteiger charge is 2.24. The first-order valence-corrected chi connectivity index (χ1v) is 8.87. The first-order chi connectivity index (χ1) is 12.3. The monoisotopic (exact) mass is 369 g/mol. The molecule has 1 aromatic rings. The Balaban J connectivity index is 2.49. The van der Waals surface area contributed by atoms with Gasteiger partial charge in [0.1, 0.15) is 24.3 Å². The lowest BCUT2D eigenvalue weighted by atomic mass is 9.89. The van der Waals surface area contributed by atoms with Crippen LogP contribution in [0, 0.1) is 11.2 Å². The molecule has 2 atom stereocenters. The van der Waals surface area contributed by atoms with Crippen LogP contribution in [0.5, 0.6) is 5.75 Å². The van der Waals surface area contributed by atoms with Crippen molar-refractivity contribution in [1.29, 1.82) is 0 Å². The van der Waals surface area contributed by atoms with E-state index in [0.29, 0.717) is 24.8 Å². The standard InChI is InChI=1S/C19H32FN3O3/c1-6-21-18(23-12-17(25-5)19(2,3)4)22-11-15(24)13-26-16-9-7-14(20)8-10-16/h7-10,15,17,24H,6,11-13H2,1-5H3,(H2,21,22,23). The summed E-state index contributed by atoms with van der Waals surface area (Å²) < 4.78 is 23.8. The zero-order valence-electron chi connectivity index (χ0n) is 16.4. The van der Waals surface area contributed by atoms with Gasteiger partial charge in [-0.25, -0.2) is 4.39 Å². The quantitative estimate of drug-likeness (QED) is 0.460. The Hall–Kier alpha value is -1.86. The average molecular weight is 369 g/mol. The predicted molar refractivity (Wildman–Crippen MR) is 102 cm³/mol. The van der Waals surface area contributed by atoms with Gasteiger partial charge in [0.2, 0.25) is 0 Å². The molecule has 0 spiro atoms. The van der Waals surface area contributed by atoms with Crippen LogP contribution in [-0.2, 0) is 4.74 Å². The van der Waals surface area contributed by atoms with E-state index in [9.17, 15) is 9.50 Å². The van der Waals surface area contributed by atoms with E-state index in [1.807, 2.05) is 6.92 Å². The molecule has 6 nitrogen and oxygen atoms in total. The summed E-state index contributed by atoms with van der Waals surface area (Å²) in [4.78, 5) is 4.38. The molecule has 0 aliphatic carbocycles. The molecule has 0 saturated carbocycles. The Kier molecular flexibility index (Phi) is 9.37. The number of nitrogens with zero attached hydrogens (tertiary/aromatic N) is 1. The number of aliphatic hydroxyl groups is 1. The van der Waals surface area contributed by atoms with Gasteiger partial charge in [-0.1, -0.05) is 20.8 Å². The Bertz CT molecular complexity index is 544. The number of ether oxygens (including phenoxy) is 2. The number of halogens is 1. The minimum absolute atomic E-state index is 0.00157. The number of hydrogen-bond donors (Lipinski definition) is 3. The molecular formula is C19H32FN3O3. The number of nitrogens with one attached hydrogen (secondary N) is 2. The van der Waals surface area contributed by atoms with Gasteiger partial charge in [-0.05, 0) is 36.6 Å². The maximum atomic E-state index is 12.9. The van der Waals surface area contributed by atoms with Crippen LogP contribution in [0.3, 0.4) is 0 Å². The molecule has 0 amide bonds. The van der Waals surface area contributed by atoms with E-state index in [0.717, 1.165) is 0 Å². The fourth-order valence-corrected chi connectivity index (χ4v) is 2.25. The molecule has 7 heteroatoms. The molecule has 148 valence electrons. The van der Waals surface area contributed by atoms with Crippen LogP contribution in [0.1, 0.15) is 27.7 Å². The van der Waals surface area contributed by atoms with Gasteiger partial charge in [0.15, 0.2) is 5.96 Å². The van der Waals surface area contributed by atoms with E-state index in [1.54, 1.807) is 7.11 Å². The topological polar surface area (TPSA) is 75.1 Å². The molecule has 0 radical (unpaired) electrons. The van der Waals surface area contributed by atoms with Crippen LogP contribution in [-0.4, -0.2) is 56.6 Å². The van der Waals surface area contributed by atoms with Gasteiger partial charge in [-0.3, -0.25) is 4.99 Å². The molecule has 0 heterocycles. The summed E-state index contributed by atoms with van der Waals surface area (Å²) in [5.74, 6) is 0.792. The number of aliphatic imine (C=N–C) groups is 1. The summed E-state index contributed by atoms with van der Waals surface area (Å²) in [6.45, 7) is 9.90. The number of benzene rings is 1. The zero-order valence-corrected chi connectivity index (χ0v) is 16.4. The van der Waals surface area contributed by atoms with Crippen LogP contribution in [0.2, 0.25) is 0 Å². The van der Waals surface area contributed by atoms with E-state index in [2.05, 4.69) is 36.4 Å². The molecule has 0 aliphatic rings. The van der Waals surface area contributed by atoms with Gasteiger partial charge < -0.3 is 25.2 Å². The summed E-state index contributed by atoms with van der Waals surface area (Å²) in [6, 6.07) is 5.67. The SMILES string of the molecule is CCNC(=NCC(O)COc1ccc(F)cc1)NCC(OC)C(C)(C)C. The second-order valence-electron chi connectivity index (χ2n) is 7.11. The Morgan fingerprint density at radius 2 is 1.88 bits per heavy atom. The number of methoxy groups -OCH3 is 1. The first kappa shape index (κ1) is 22.2. The van der Waals surface area contributed by atoms with Crippen LogP contribution in [0.25, 0.3) is 0 Å². The van der Waals surface area contributed by atoms with Crippen molar-refractivity contribution in [1.82, 2.24) is 10.6 Å². The van der Waals surface area contributed by atoms with E-state index in [-0.39, 0.29) is 30.5 Å². The zero-order chi connectivity index (χ0) is 19.6. The molecule has 2 unspecified atom stereocenters. The van der Waals surface area contributed by atoms with Gasteiger partial charge >= 0.3 is 0 Å². The van der Waals surface area contributed by atoms with Gasteiger partial charge in [0.25, 0.3) is 0 Å². The summed E-state index contributed by atoms with van der Waals surface area (Å²) in [5, 5.41) is 16.4. The second-order valence-corrected chi connectivity index (χ2v) is 7.11. The van der Waals surface area contributed by atoms with Gasteiger partial charge in [0, 0.05) is 20.2 Å². The average Bonchev–Trinajstić information content (AvgIpc) is 2.58. The fraction of sp³-hybridized carbons (Fsp3) is 0.632. The van der Waals surface area contributed by atoms with Crippen molar-refractivity contribution in [2.45, 2.75) is 39.9 Å². The van der Waals surface area contributed by atoms with E-state index in [1.165, 1.54) is 24.3 Å². The molecule has 0 saturated heterocycles. The van der Waals surface area contributed by atoms with Crippen molar-refractivity contribution in [3.8, 4) is 5.75 Å². The Labute approximate surface area is 155 Å². The number of hydrogen-bond acceptors (Lipinski definition) is 4. The number of guanidine groups is 1. The third-order valence-corrected chi connectivity index (χ3v) is 3.77. The lowest BCUT2D eigenvalue weighted by Gasteiger charge is -2.30. The smallest absolute Gasteiger partial charge is 0.191 e. The molecule has 0 aliphatic heterocycles. The fourth-order valence-electron chi connectivity index (χ4n) is 2.25. The number of rotatable bonds is 9. The van der Waals surface area contributed by atoms with Crippen LogP contribution >= 0.6 is 0 Å². The van der Waals surface area contributed by atoms with Crippen LogP contribution in [0.15, 0.2) is 29.3 Å². The second kappa shape index (κ2) is 11.0. The van der Waals surface area contributed by atoms with Crippen molar-refractivity contribution >= 4 is 5.96 Å². The van der Waals surface area contributed by atoms with E-state index >= 15 is 0 Å². The molecule has 1 aromatic carbocycles. The maximum Gasteiger partial charge on any atom is 0.191 e. The molecular weight excluding hydrogens is 337 g/mol. The third-order valence-electron chi connectivity index (χ3n) is 3.77. The molecule has 26 heavy (non-hydrogen) atoms. The normalized spacial score (nSPS) is 14.7.